The number of hydrogen-bond donors (Lipinski definition) is 1. The van der Waals surface area contributed by atoms with Crippen molar-refractivity contribution in [3.8, 4) is 0 Å². The minimum atomic E-state index is -3.50. The Morgan fingerprint density at radius 2 is 1.82 bits per heavy atom. The highest BCUT2D eigenvalue weighted by molar-refractivity contribution is 7.90. The molecule has 8 nitrogen and oxygen atoms in total. The average molecular weight is 598 g/mol. The Bertz CT molecular complexity index is 1320. The van der Waals surface area contributed by atoms with Gasteiger partial charge in [-0.15, -0.1) is 0 Å². The summed E-state index contributed by atoms with van der Waals surface area (Å²) in [6, 6.07) is 13.4. The largest absolute Gasteiger partial charge is 0.481 e. The van der Waals surface area contributed by atoms with Crippen LogP contribution >= 0.6 is 23.2 Å². The Hall–Kier alpha value is -2.17. The molecule has 1 saturated carbocycles. The standard InChI is InChI=1S/C28H34Cl2N2O6S/c1-4-22(17-31(2)39(36,37)23-12-13-23)32-26(18-8-10-20(29)11-9-18)24(19-6-5-7-21(30)14-19)15-28(38-3,27(32)35)16-25(33)34/h5-11,14,22-24,26H,4,12-13,15-17H2,1-3H3,(H,33,34)/t22-,24?,26+,28-/m0/s1. The van der Waals surface area contributed by atoms with Crippen LogP contribution in [0.4, 0.5) is 0 Å². The zero-order valence-corrected chi connectivity index (χ0v) is 24.5. The molecular formula is C28H34Cl2N2O6S. The van der Waals surface area contributed by atoms with Gasteiger partial charge in [0.25, 0.3) is 5.91 Å². The van der Waals surface area contributed by atoms with E-state index in [1.807, 2.05) is 37.3 Å². The summed E-state index contributed by atoms with van der Waals surface area (Å²) < 4.78 is 33.2. The lowest BCUT2D eigenvalue weighted by Crippen LogP contribution is -2.62. The van der Waals surface area contributed by atoms with E-state index >= 15 is 0 Å². The van der Waals surface area contributed by atoms with Gasteiger partial charge in [-0.05, 0) is 61.1 Å². The highest BCUT2D eigenvalue weighted by Gasteiger charge is 2.55. The van der Waals surface area contributed by atoms with Crippen LogP contribution in [0.15, 0.2) is 48.5 Å². The number of benzene rings is 2. The zero-order chi connectivity index (χ0) is 28.5. The maximum Gasteiger partial charge on any atom is 0.306 e. The molecule has 0 aromatic heterocycles. The normalized spacial score (nSPS) is 24.7. The zero-order valence-electron chi connectivity index (χ0n) is 22.2. The van der Waals surface area contributed by atoms with Gasteiger partial charge in [-0.1, -0.05) is 54.4 Å². The first-order valence-electron chi connectivity index (χ1n) is 13.0. The smallest absolute Gasteiger partial charge is 0.306 e. The molecular weight excluding hydrogens is 563 g/mol. The summed E-state index contributed by atoms with van der Waals surface area (Å²) in [5.41, 5.74) is -0.0344. The van der Waals surface area contributed by atoms with Crippen molar-refractivity contribution >= 4 is 45.1 Å². The number of hydrogen-bond acceptors (Lipinski definition) is 5. The fourth-order valence-electron chi connectivity index (χ4n) is 5.66. The molecule has 2 aromatic rings. The van der Waals surface area contributed by atoms with Gasteiger partial charge in [-0.2, -0.15) is 0 Å². The summed E-state index contributed by atoms with van der Waals surface area (Å²) in [7, 11) is -0.617. The molecule has 0 radical (unpaired) electrons. The number of amides is 1. The van der Waals surface area contributed by atoms with Gasteiger partial charge in [0.2, 0.25) is 10.0 Å². The number of rotatable bonds is 11. The van der Waals surface area contributed by atoms with Gasteiger partial charge in [-0.25, -0.2) is 12.7 Å². The van der Waals surface area contributed by atoms with Crippen molar-refractivity contribution < 1.29 is 27.9 Å². The predicted octanol–water partition coefficient (Wildman–Crippen LogP) is 5.11. The molecule has 1 heterocycles. The van der Waals surface area contributed by atoms with Crippen LogP contribution < -0.4 is 0 Å². The summed E-state index contributed by atoms with van der Waals surface area (Å²) >= 11 is 12.6. The van der Waals surface area contributed by atoms with Crippen molar-refractivity contribution in [3.05, 3.63) is 69.7 Å². The molecule has 2 fully saturated rings. The fourth-order valence-corrected chi connectivity index (χ4v) is 7.61. The number of carboxylic acid groups (broad SMARTS) is 1. The van der Waals surface area contributed by atoms with Gasteiger partial charge in [0.1, 0.15) is 0 Å². The third kappa shape index (κ3) is 6.12. The second-order valence-electron chi connectivity index (χ2n) is 10.4. The second kappa shape index (κ2) is 11.7. The number of piperidine rings is 1. The number of carbonyl (C=O) groups is 2. The molecule has 1 saturated heterocycles. The molecule has 4 atom stereocenters. The molecule has 0 bridgehead atoms. The van der Waals surface area contributed by atoms with Crippen LogP contribution in [0.1, 0.15) is 62.1 Å². The maximum absolute atomic E-state index is 14.4. The van der Waals surface area contributed by atoms with E-state index in [1.54, 1.807) is 23.1 Å². The number of aliphatic carboxylic acids is 1. The number of carboxylic acids is 1. The molecule has 2 aliphatic rings. The molecule has 1 N–H and O–H groups in total. The Morgan fingerprint density at radius 1 is 1.15 bits per heavy atom. The summed E-state index contributed by atoms with van der Waals surface area (Å²) in [5, 5.41) is 10.5. The molecule has 1 aliphatic heterocycles. The van der Waals surface area contributed by atoms with E-state index in [-0.39, 0.29) is 13.0 Å². The number of halogens is 2. The molecule has 1 unspecified atom stereocenters. The number of carbonyl (C=O) groups excluding carboxylic acids is 1. The van der Waals surface area contributed by atoms with Gasteiger partial charge in [0, 0.05) is 42.7 Å². The molecule has 0 spiro atoms. The monoisotopic (exact) mass is 596 g/mol. The highest BCUT2D eigenvalue weighted by Crippen LogP contribution is 2.50. The van der Waals surface area contributed by atoms with Crippen LogP contribution in [0.2, 0.25) is 10.0 Å². The van der Waals surface area contributed by atoms with Gasteiger partial charge < -0.3 is 14.7 Å². The van der Waals surface area contributed by atoms with Crippen LogP contribution in [-0.4, -0.2) is 72.2 Å². The number of methoxy groups -OCH3 is 1. The minimum Gasteiger partial charge on any atom is -0.481 e. The van der Waals surface area contributed by atoms with E-state index in [2.05, 4.69) is 0 Å². The Balaban J connectivity index is 1.89. The third-order valence-corrected chi connectivity index (χ3v) is 10.7. The molecule has 4 rings (SSSR count). The van der Waals surface area contributed by atoms with Gasteiger partial charge in [0.05, 0.1) is 17.7 Å². The van der Waals surface area contributed by atoms with Crippen LogP contribution in [-0.2, 0) is 24.3 Å². The van der Waals surface area contributed by atoms with Crippen molar-refractivity contribution in [1.29, 1.82) is 0 Å². The number of nitrogens with zero attached hydrogens (tertiary/aromatic N) is 2. The molecule has 39 heavy (non-hydrogen) atoms. The second-order valence-corrected chi connectivity index (χ2v) is 13.6. The lowest BCUT2D eigenvalue weighted by molar-refractivity contribution is -0.178. The van der Waals surface area contributed by atoms with Crippen LogP contribution in [0.25, 0.3) is 0 Å². The summed E-state index contributed by atoms with van der Waals surface area (Å²) in [5.74, 6) is -2.04. The van der Waals surface area contributed by atoms with Gasteiger partial charge >= 0.3 is 5.97 Å². The van der Waals surface area contributed by atoms with E-state index in [0.717, 1.165) is 11.1 Å². The lowest BCUT2D eigenvalue weighted by atomic mass is 9.72. The predicted molar refractivity (Wildman–Crippen MR) is 150 cm³/mol. The highest BCUT2D eigenvalue weighted by atomic mass is 35.5. The topological polar surface area (TPSA) is 104 Å². The van der Waals surface area contributed by atoms with E-state index in [9.17, 15) is 23.1 Å². The Labute approximate surface area is 239 Å². The first-order chi connectivity index (χ1) is 18.4. The molecule has 1 aliphatic carbocycles. The number of ether oxygens (including phenoxy) is 1. The van der Waals surface area contributed by atoms with E-state index < -0.39 is 57.2 Å². The lowest BCUT2D eigenvalue weighted by Gasteiger charge is -2.52. The number of sulfonamides is 1. The fraction of sp³-hybridized carbons (Fsp3) is 0.500. The van der Waals surface area contributed by atoms with Gasteiger partial charge in [-0.3, -0.25) is 9.59 Å². The van der Waals surface area contributed by atoms with Crippen molar-refractivity contribution in [2.45, 2.75) is 67.9 Å². The summed E-state index contributed by atoms with van der Waals surface area (Å²) in [6.45, 7) is 1.96. The van der Waals surface area contributed by atoms with Crippen molar-refractivity contribution in [1.82, 2.24) is 9.21 Å². The van der Waals surface area contributed by atoms with E-state index in [0.29, 0.717) is 29.3 Å². The van der Waals surface area contributed by atoms with Gasteiger partial charge in [0.15, 0.2) is 5.60 Å². The first-order valence-corrected chi connectivity index (χ1v) is 15.2. The Kier molecular flexibility index (Phi) is 8.98. The maximum atomic E-state index is 14.4. The minimum absolute atomic E-state index is 0.0697. The summed E-state index contributed by atoms with van der Waals surface area (Å²) in [6.07, 6.45) is 1.26. The van der Waals surface area contributed by atoms with E-state index in [1.165, 1.54) is 18.5 Å². The molecule has 2 aromatic carbocycles. The quantitative estimate of drug-likeness (QED) is 0.386. The molecule has 11 heteroatoms. The third-order valence-electron chi connectivity index (χ3n) is 7.88. The Morgan fingerprint density at radius 3 is 2.36 bits per heavy atom. The molecule has 1 amide bonds. The summed E-state index contributed by atoms with van der Waals surface area (Å²) in [4.78, 5) is 28.1. The van der Waals surface area contributed by atoms with Crippen molar-refractivity contribution in [2.24, 2.45) is 0 Å². The van der Waals surface area contributed by atoms with E-state index in [4.69, 9.17) is 27.9 Å². The van der Waals surface area contributed by atoms with Crippen LogP contribution in [0.3, 0.4) is 0 Å². The molecule has 212 valence electrons. The van der Waals surface area contributed by atoms with Crippen molar-refractivity contribution in [2.75, 3.05) is 20.7 Å². The van der Waals surface area contributed by atoms with Crippen molar-refractivity contribution in [3.63, 3.8) is 0 Å². The number of likely N-dealkylation sites (N-methyl/N-ethyl adjacent to an activating group) is 1. The average Bonchev–Trinajstić information content (AvgIpc) is 3.75. The van der Waals surface area contributed by atoms with Crippen LogP contribution in [0.5, 0.6) is 0 Å². The first kappa shape index (κ1) is 29.8. The SMILES string of the molecule is CC[C@@H](CN(C)S(=O)(=O)C1CC1)N1C(=O)[C@](CC(=O)O)(OC)CC(c2cccc(Cl)c2)[C@H]1c1ccc(Cl)cc1. The van der Waals surface area contributed by atoms with Crippen LogP contribution in [0, 0.1) is 0 Å². The number of likely N-dealkylation sites (tertiary alicyclic amines) is 1.